The van der Waals surface area contributed by atoms with Crippen LogP contribution in [0, 0.1) is 0 Å². The van der Waals surface area contributed by atoms with E-state index in [0.717, 1.165) is 31.4 Å². The summed E-state index contributed by atoms with van der Waals surface area (Å²) in [6.07, 6.45) is 3.06. The van der Waals surface area contributed by atoms with Crippen molar-refractivity contribution in [2.24, 2.45) is 0 Å². The Balaban J connectivity index is 2.75. The molecule has 1 atom stereocenters. The number of Topliss-reactive ketones (excluding diaryl/α,β-unsaturated/α-hetero) is 1. The number of hydrogen-bond donors (Lipinski definition) is 1. The van der Waals surface area contributed by atoms with E-state index in [1.807, 2.05) is 37.3 Å². The zero-order chi connectivity index (χ0) is 12.7. The Morgan fingerprint density at radius 2 is 1.88 bits per heavy atom. The molecular weight excluding hydrogens is 210 g/mol. The average molecular weight is 233 g/mol. The van der Waals surface area contributed by atoms with E-state index in [2.05, 4.69) is 19.2 Å². The summed E-state index contributed by atoms with van der Waals surface area (Å²) >= 11 is 0. The lowest BCUT2D eigenvalue weighted by molar-refractivity contribution is 0.0861. The van der Waals surface area contributed by atoms with Crippen molar-refractivity contribution in [2.75, 3.05) is 6.54 Å². The van der Waals surface area contributed by atoms with Crippen LogP contribution in [-0.4, -0.2) is 17.9 Å². The zero-order valence-corrected chi connectivity index (χ0v) is 11.1. The summed E-state index contributed by atoms with van der Waals surface area (Å²) in [5, 5.41) is 3.40. The van der Waals surface area contributed by atoms with Gasteiger partial charge in [0.25, 0.3) is 0 Å². The van der Waals surface area contributed by atoms with Crippen LogP contribution >= 0.6 is 0 Å². The number of rotatable bonds is 7. The zero-order valence-electron chi connectivity index (χ0n) is 11.1. The molecular formula is C15H23NO. The van der Waals surface area contributed by atoms with Gasteiger partial charge in [-0.15, -0.1) is 0 Å². The van der Waals surface area contributed by atoms with Crippen LogP contribution in [-0.2, 0) is 0 Å². The van der Waals surface area contributed by atoms with E-state index in [9.17, 15) is 4.79 Å². The Bertz CT molecular complexity index is 347. The van der Waals surface area contributed by atoms with Crippen LogP contribution in [0.3, 0.4) is 0 Å². The Kier molecular flexibility index (Phi) is 5.36. The Labute approximate surface area is 104 Å². The molecule has 0 saturated carbocycles. The number of hydrogen-bond acceptors (Lipinski definition) is 2. The fourth-order valence-corrected chi connectivity index (χ4v) is 1.81. The third-order valence-corrected chi connectivity index (χ3v) is 3.29. The second-order valence-electron chi connectivity index (χ2n) is 4.66. The number of carbonyl (C=O) groups excluding carboxylic acids is 1. The molecule has 94 valence electrons. The van der Waals surface area contributed by atoms with Gasteiger partial charge < -0.3 is 5.32 Å². The summed E-state index contributed by atoms with van der Waals surface area (Å²) < 4.78 is 0. The van der Waals surface area contributed by atoms with E-state index in [4.69, 9.17) is 0 Å². The summed E-state index contributed by atoms with van der Waals surface area (Å²) in [5.41, 5.74) is 0.358. The lowest BCUT2D eigenvalue weighted by Crippen LogP contribution is -2.49. The molecule has 0 radical (unpaired) electrons. The quantitative estimate of drug-likeness (QED) is 0.577. The van der Waals surface area contributed by atoms with Gasteiger partial charge in [0.1, 0.15) is 0 Å². The van der Waals surface area contributed by atoms with Crippen LogP contribution < -0.4 is 5.32 Å². The smallest absolute Gasteiger partial charge is 0.182 e. The first kappa shape index (κ1) is 13.9. The van der Waals surface area contributed by atoms with Gasteiger partial charge in [-0.25, -0.2) is 0 Å². The van der Waals surface area contributed by atoms with Gasteiger partial charge in [-0.2, -0.15) is 0 Å². The van der Waals surface area contributed by atoms with Crippen molar-refractivity contribution in [3.8, 4) is 0 Å². The molecule has 2 nitrogen and oxygen atoms in total. The highest BCUT2D eigenvalue weighted by molar-refractivity contribution is 6.02. The second kappa shape index (κ2) is 6.55. The molecule has 1 aromatic rings. The van der Waals surface area contributed by atoms with Gasteiger partial charge in [-0.3, -0.25) is 4.79 Å². The fraction of sp³-hybridized carbons (Fsp3) is 0.533. The van der Waals surface area contributed by atoms with Crippen LogP contribution in [0.25, 0.3) is 0 Å². The minimum atomic E-state index is -0.434. The van der Waals surface area contributed by atoms with Gasteiger partial charge in [-0.05, 0) is 26.3 Å². The van der Waals surface area contributed by atoms with Gasteiger partial charge in [0.2, 0.25) is 0 Å². The second-order valence-corrected chi connectivity index (χ2v) is 4.66. The predicted molar refractivity (Wildman–Crippen MR) is 72.4 cm³/mol. The minimum absolute atomic E-state index is 0.191. The molecule has 2 heteroatoms. The molecule has 1 unspecified atom stereocenters. The first-order valence-electron chi connectivity index (χ1n) is 6.49. The molecule has 0 saturated heterocycles. The van der Waals surface area contributed by atoms with E-state index in [-0.39, 0.29) is 5.78 Å². The molecule has 1 rings (SSSR count). The van der Waals surface area contributed by atoms with E-state index < -0.39 is 5.54 Å². The van der Waals surface area contributed by atoms with Crippen LogP contribution in [0.1, 0.15) is 50.4 Å². The number of unbranched alkanes of at least 4 members (excludes halogenated alkanes) is 1. The molecule has 17 heavy (non-hydrogen) atoms. The molecule has 0 aliphatic carbocycles. The number of carbonyl (C=O) groups is 1. The average Bonchev–Trinajstić information content (AvgIpc) is 2.39. The normalized spacial score (nSPS) is 14.3. The minimum Gasteiger partial charge on any atom is -0.305 e. The molecule has 1 N–H and O–H groups in total. The number of benzene rings is 1. The van der Waals surface area contributed by atoms with Gasteiger partial charge in [-0.1, -0.05) is 50.6 Å². The van der Waals surface area contributed by atoms with Gasteiger partial charge in [0, 0.05) is 5.56 Å². The molecule has 0 spiro atoms. The summed E-state index contributed by atoms with van der Waals surface area (Å²) in [4.78, 5) is 12.4. The molecule has 0 fully saturated rings. The lowest BCUT2D eigenvalue weighted by atomic mass is 9.88. The highest BCUT2D eigenvalue weighted by atomic mass is 16.1. The topological polar surface area (TPSA) is 29.1 Å². The molecule has 0 bridgehead atoms. The highest BCUT2D eigenvalue weighted by Gasteiger charge is 2.30. The van der Waals surface area contributed by atoms with E-state index in [1.54, 1.807) is 0 Å². The number of ketones is 1. The van der Waals surface area contributed by atoms with Crippen molar-refractivity contribution < 1.29 is 4.79 Å². The fourth-order valence-electron chi connectivity index (χ4n) is 1.81. The van der Waals surface area contributed by atoms with E-state index >= 15 is 0 Å². The molecule has 0 aromatic heterocycles. The van der Waals surface area contributed by atoms with Crippen molar-refractivity contribution in [3.63, 3.8) is 0 Å². The Morgan fingerprint density at radius 3 is 2.41 bits per heavy atom. The third-order valence-electron chi connectivity index (χ3n) is 3.29. The summed E-state index contributed by atoms with van der Waals surface area (Å²) in [6, 6.07) is 9.53. The van der Waals surface area contributed by atoms with E-state index in [1.165, 1.54) is 0 Å². The maximum Gasteiger partial charge on any atom is 0.182 e. The summed E-state index contributed by atoms with van der Waals surface area (Å²) in [7, 11) is 0. The Morgan fingerprint density at radius 1 is 1.24 bits per heavy atom. The molecule has 0 aliphatic rings. The summed E-state index contributed by atoms with van der Waals surface area (Å²) in [5.74, 6) is 0.191. The monoisotopic (exact) mass is 233 g/mol. The molecule has 0 heterocycles. The van der Waals surface area contributed by atoms with Gasteiger partial charge in [0.15, 0.2) is 5.78 Å². The maximum absolute atomic E-state index is 12.4. The summed E-state index contributed by atoms with van der Waals surface area (Å²) in [6.45, 7) is 7.11. The van der Waals surface area contributed by atoms with Crippen LogP contribution in [0.5, 0.6) is 0 Å². The standard InChI is InChI=1S/C15H23NO/c1-4-6-12-16-15(3,5-2)14(17)13-10-8-7-9-11-13/h7-11,16H,4-6,12H2,1-3H3. The Hall–Kier alpha value is -1.15. The van der Waals surface area contributed by atoms with Crippen LogP contribution in [0.15, 0.2) is 30.3 Å². The number of nitrogens with one attached hydrogen (secondary N) is 1. The SMILES string of the molecule is CCCCNC(C)(CC)C(=O)c1ccccc1. The largest absolute Gasteiger partial charge is 0.305 e. The predicted octanol–water partition coefficient (Wildman–Crippen LogP) is 3.43. The molecule has 0 aliphatic heterocycles. The lowest BCUT2D eigenvalue weighted by Gasteiger charge is -2.28. The van der Waals surface area contributed by atoms with Gasteiger partial charge in [0.05, 0.1) is 5.54 Å². The van der Waals surface area contributed by atoms with E-state index in [0.29, 0.717) is 0 Å². The molecule has 1 aromatic carbocycles. The van der Waals surface area contributed by atoms with Crippen molar-refractivity contribution in [1.29, 1.82) is 0 Å². The maximum atomic E-state index is 12.4. The van der Waals surface area contributed by atoms with Crippen molar-refractivity contribution >= 4 is 5.78 Å². The van der Waals surface area contributed by atoms with Crippen LogP contribution in [0.4, 0.5) is 0 Å². The molecule has 0 amide bonds. The third kappa shape index (κ3) is 3.67. The van der Waals surface area contributed by atoms with Crippen molar-refractivity contribution in [1.82, 2.24) is 5.32 Å². The first-order chi connectivity index (χ1) is 8.14. The van der Waals surface area contributed by atoms with Crippen molar-refractivity contribution in [2.45, 2.75) is 45.6 Å². The van der Waals surface area contributed by atoms with Crippen molar-refractivity contribution in [3.05, 3.63) is 35.9 Å². The van der Waals surface area contributed by atoms with Gasteiger partial charge >= 0.3 is 0 Å². The first-order valence-corrected chi connectivity index (χ1v) is 6.49. The highest BCUT2D eigenvalue weighted by Crippen LogP contribution is 2.17. The van der Waals surface area contributed by atoms with Crippen LogP contribution in [0.2, 0.25) is 0 Å².